The van der Waals surface area contributed by atoms with Crippen molar-refractivity contribution in [3.05, 3.63) is 75.8 Å². The molecule has 1 unspecified atom stereocenters. The van der Waals surface area contributed by atoms with Gasteiger partial charge in [0.25, 0.3) is 5.69 Å². The van der Waals surface area contributed by atoms with Crippen molar-refractivity contribution in [1.29, 1.82) is 0 Å². The highest BCUT2D eigenvalue weighted by molar-refractivity contribution is 5.83. The Morgan fingerprint density at radius 1 is 1.12 bits per heavy atom. The van der Waals surface area contributed by atoms with Crippen LogP contribution in [0, 0.1) is 10.1 Å². The molecule has 2 aromatic rings. The molecule has 1 N–H and O–H groups in total. The summed E-state index contributed by atoms with van der Waals surface area (Å²) in [5.74, 6) is -1.39. The third kappa shape index (κ3) is 5.14. The Balaban J connectivity index is 2.09. The van der Waals surface area contributed by atoms with E-state index in [1.165, 1.54) is 24.0 Å². The van der Waals surface area contributed by atoms with Crippen LogP contribution in [0.15, 0.2) is 54.6 Å². The second kappa shape index (κ2) is 8.75. The lowest BCUT2D eigenvalue weighted by Gasteiger charge is -2.27. The van der Waals surface area contributed by atoms with Gasteiger partial charge in [-0.2, -0.15) is 0 Å². The van der Waals surface area contributed by atoms with E-state index < -0.39 is 16.9 Å². The van der Waals surface area contributed by atoms with Crippen molar-refractivity contribution < 1.29 is 19.6 Å². The minimum absolute atomic E-state index is 0.0324. The summed E-state index contributed by atoms with van der Waals surface area (Å²) < 4.78 is 0. The first-order valence-corrected chi connectivity index (χ1v) is 8.18. The van der Waals surface area contributed by atoms with E-state index in [9.17, 15) is 24.8 Å². The number of rotatable bonds is 8. The zero-order valence-corrected chi connectivity index (χ0v) is 14.4. The molecule has 0 spiro atoms. The van der Waals surface area contributed by atoms with E-state index in [0.29, 0.717) is 12.0 Å². The summed E-state index contributed by atoms with van der Waals surface area (Å²) in [6.07, 6.45) is 0.379. The Kier molecular flexibility index (Phi) is 6.43. The number of aliphatic carboxylic acids is 1. The fourth-order valence-corrected chi connectivity index (χ4v) is 2.57. The number of non-ortho nitro benzene ring substituents is 1. The van der Waals surface area contributed by atoms with E-state index >= 15 is 0 Å². The smallest absolute Gasteiger partial charge is 0.326 e. The van der Waals surface area contributed by atoms with E-state index in [-0.39, 0.29) is 24.6 Å². The maximum absolute atomic E-state index is 12.6. The van der Waals surface area contributed by atoms with E-state index in [1.54, 1.807) is 12.1 Å². The molecule has 0 heterocycles. The minimum Gasteiger partial charge on any atom is -0.480 e. The first-order chi connectivity index (χ1) is 12.4. The topological polar surface area (TPSA) is 101 Å². The van der Waals surface area contributed by atoms with Crippen molar-refractivity contribution in [3.63, 3.8) is 0 Å². The van der Waals surface area contributed by atoms with Gasteiger partial charge >= 0.3 is 5.97 Å². The molecule has 0 aliphatic rings. The van der Waals surface area contributed by atoms with E-state index in [2.05, 4.69) is 0 Å². The molecule has 0 radical (unpaired) electrons. The van der Waals surface area contributed by atoms with Gasteiger partial charge in [-0.05, 0) is 24.5 Å². The molecule has 7 heteroatoms. The fourth-order valence-electron chi connectivity index (χ4n) is 2.57. The van der Waals surface area contributed by atoms with Crippen LogP contribution in [0.2, 0.25) is 0 Å². The summed E-state index contributed by atoms with van der Waals surface area (Å²) in [6.45, 7) is 1.67. The van der Waals surface area contributed by atoms with Crippen LogP contribution < -0.4 is 0 Å². The number of aryl methyl sites for hydroxylation is 1. The van der Waals surface area contributed by atoms with Gasteiger partial charge in [0.15, 0.2) is 0 Å². The second-order valence-corrected chi connectivity index (χ2v) is 5.95. The van der Waals surface area contributed by atoms with Gasteiger partial charge in [0.05, 0.1) is 4.92 Å². The molecule has 0 aliphatic carbocycles. The normalized spacial score (nSPS) is 11.6. The summed E-state index contributed by atoms with van der Waals surface area (Å²) in [5, 5.41) is 20.1. The number of nitro benzene ring substituents is 1. The quantitative estimate of drug-likeness (QED) is 0.579. The van der Waals surface area contributed by atoms with Crippen LogP contribution in [-0.4, -0.2) is 32.8 Å². The molecule has 0 fully saturated rings. The van der Waals surface area contributed by atoms with Gasteiger partial charge in [-0.1, -0.05) is 42.5 Å². The second-order valence-electron chi connectivity index (χ2n) is 5.95. The summed E-state index contributed by atoms with van der Waals surface area (Å²) in [4.78, 5) is 35.6. The Morgan fingerprint density at radius 2 is 1.77 bits per heavy atom. The van der Waals surface area contributed by atoms with Crippen LogP contribution in [-0.2, 0) is 22.6 Å². The average molecular weight is 356 g/mol. The third-order valence-corrected chi connectivity index (χ3v) is 4.09. The van der Waals surface area contributed by atoms with E-state index in [0.717, 1.165) is 5.56 Å². The molecule has 26 heavy (non-hydrogen) atoms. The number of hydrogen-bond acceptors (Lipinski definition) is 4. The molecular weight excluding hydrogens is 336 g/mol. The molecule has 0 aliphatic heterocycles. The Hall–Kier alpha value is -3.22. The Labute approximate surface area is 151 Å². The molecule has 2 aromatic carbocycles. The van der Waals surface area contributed by atoms with Gasteiger partial charge in [-0.3, -0.25) is 14.9 Å². The largest absolute Gasteiger partial charge is 0.480 e. The molecule has 2 rings (SSSR count). The number of carboxylic acid groups (broad SMARTS) is 1. The van der Waals surface area contributed by atoms with Gasteiger partial charge in [-0.25, -0.2) is 4.79 Å². The van der Waals surface area contributed by atoms with Crippen LogP contribution in [0.1, 0.15) is 24.5 Å². The first-order valence-electron chi connectivity index (χ1n) is 8.18. The minimum atomic E-state index is -1.08. The van der Waals surface area contributed by atoms with E-state index in [4.69, 9.17) is 0 Å². The molecule has 1 amide bonds. The van der Waals surface area contributed by atoms with Crippen molar-refractivity contribution in [1.82, 2.24) is 4.90 Å². The van der Waals surface area contributed by atoms with Gasteiger partial charge in [0.1, 0.15) is 6.04 Å². The van der Waals surface area contributed by atoms with Crippen molar-refractivity contribution >= 4 is 17.6 Å². The number of amides is 1. The number of carbonyl (C=O) groups is 2. The molecule has 0 saturated heterocycles. The summed E-state index contributed by atoms with van der Waals surface area (Å²) in [7, 11) is 0. The van der Waals surface area contributed by atoms with Gasteiger partial charge in [0.2, 0.25) is 5.91 Å². The lowest BCUT2D eigenvalue weighted by molar-refractivity contribution is -0.384. The number of carboxylic acids is 1. The summed E-state index contributed by atoms with van der Waals surface area (Å²) >= 11 is 0. The molecule has 0 bridgehead atoms. The molecule has 136 valence electrons. The maximum atomic E-state index is 12.6. The average Bonchev–Trinajstić information content (AvgIpc) is 2.64. The molecule has 0 saturated carbocycles. The Morgan fingerprint density at radius 3 is 2.38 bits per heavy atom. The van der Waals surface area contributed by atoms with Crippen LogP contribution in [0.4, 0.5) is 5.69 Å². The maximum Gasteiger partial charge on any atom is 0.326 e. The number of hydrogen-bond donors (Lipinski definition) is 1. The highest BCUT2D eigenvalue weighted by Crippen LogP contribution is 2.16. The lowest BCUT2D eigenvalue weighted by atomic mass is 10.1. The zero-order chi connectivity index (χ0) is 19.1. The monoisotopic (exact) mass is 356 g/mol. The lowest BCUT2D eigenvalue weighted by Crippen LogP contribution is -2.42. The van der Waals surface area contributed by atoms with Crippen LogP contribution >= 0.6 is 0 Å². The van der Waals surface area contributed by atoms with E-state index in [1.807, 2.05) is 30.3 Å². The zero-order valence-electron chi connectivity index (χ0n) is 14.4. The summed E-state index contributed by atoms with van der Waals surface area (Å²) in [5.41, 5.74) is 1.47. The SMILES string of the molecule is CC(C(=O)O)N(Cc1ccccc1)C(=O)CCc1cccc([N+](=O)[O-])c1. The molecular formula is C19H20N2O5. The third-order valence-electron chi connectivity index (χ3n) is 4.09. The number of carbonyl (C=O) groups excluding carboxylic acids is 1. The van der Waals surface area contributed by atoms with Gasteiger partial charge < -0.3 is 10.0 Å². The summed E-state index contributed by atoms with van der Waals surface area (Å²) in [6, 6.07) is 14.3. The predicted molar refractivity (Wildman–Crippen MR) is 95.5 cm³/mol. The first kappa shape index (κ1) is 19.1. The predicted octanol–water partition coefficient (Wildman–Crippen LogP) is 3.03. The molecule has 1 atom stereocenters. The van der Waals surface area contributed by atoms with Crippen LogP contribution in [0.3, 0.4) is 0 Å². The number of nitro groups is 1. The van der Waals surface area contributed by atoms with Crippen molar-refractivity contribution in [3.8, 4) is 0 Å². The fraction of sp³-hybridized carbons (Fsp3) is 0.263. The highest BCUT2D eigenvalue weighted by atomic mass is 16.6. The standard InChI is InChI=1S/C19H20N2O5/c1-14(19(23)24)20(13-16-6-3-2-4-7-16)18(22)11-10-15-8-5-9-17(12-15)21(25)26/h2-9,12,14H,10-11,13H2,1H3,(H,23,24). The van der Waals surface area contributed by atoms with Crippen molar-refractivity contribution in [2.75, 3.05) is 0 Å². The van der Waals surface area contributed by atoms with Crippen LogP contribution in [0.25, 0.3) is 0 Å². The van der Waals surface area contributed by atoms with Crippen molar-refractivity contribution in [2.45, 2.75) is 32.4 Å². The van der Waals surface area contributed by atoms with Gasteiger partial charge in [0, 0.05) is 25.1 Å². The van der Waals surface area contributed by atoms with Crippen molar-refractivity contribution in [2.24, 2.45) is 0 Å². The van der Waals surface area contributed by atoms with Crippen LogP contribution in [0.5, 0.6) is 0 Å². The van der Waals surface area contributed by atoms with Gasteiger partial charge in [-0.15, -0.1) is 0 Å². The number of nitrogens with zero attached hydrogens (tertiary/aromatic N) is 2. The molecule has 7 nitrogen and oxygen atoms in total. The molecule has 0 aromatic heterocycles. The highest BCUT2D eigenvalue weighted by Gasteiger charge is 2.25. The number of benzene rings is 2. The Bertz CT molecular complexity index is 792.